The van der Waals surface area contributed by atoms with Crippen LogP contribution in [-0.4, -0.2) is 46.2 Å². The van der Waals surface area contributed by atoms with Crippen LogP contribution in [0.15, 0.2) is 16.5 Å². The second kappa shape index (κ2) is 5.22. The van der Waals surface area contributed by atoms with Crippen LogP contribution in [0.1, 0.15) is 40.4 Å². The van der Waals surface area contributed by atoms with E-state index in [-0.39, 0.29) is 30.1 Å². The van der Waals surface area contributed by atoms with E-state index >= 15 is 0 Å². The average molecular weight is 253 g/mol. The highest BCUT2D eigenvalue weighted by Gasteiger charge is 2.29. The quantitative estimate of drug-likeness (QED) is 0.837. The Kier molecular flexibility index (Phi) is 3.66. The maximum atomic E-state index is 12.1. The van der Waals surface area contributed by atoms with Gasteiger partial charge in [0.1, 0.15) is 0 Å². The molecule has 0 aromatic carbocycles. The minimum atomic E-state index is -1.20. The fraction of sp³-hybridized carbons (Fsp3) is 0.500. The number of amides is 1. The van der Waals surface area contributed by atoms with Crippen molar-refractivity contribution in [2.75, 3.05) is 13.2 Å². The van der Waals surface area contributed by atoms with E-state index in [2.05, 4.69) is 0 Å². The summed E-state index contributed by atoms with van der Waals surface area (Å²) in [5, 5.41) is 18.0. The van der Waals surface area contributed by atoms with Crippen LogP contribution < -0.4 is 0 Å². The number of furan rings is 1. The van der Waals surface area contributed by atoms with Crippen molar-refractivity contribution in [1.82, 2.24) is 4.90 Å². The lowest BCUT2D eigenvalue weighted by Gasteiger charge is -2.33. The van der Waals surface area contributed by atoms with E-state index in [1.165, 1.54) is 12.1 Å². The van der Waals surface area contributed by atoms with Crippen LogP contribution in [0, 0.1) is 0 Å². The Morgan fingerprint density at radius 3 is 2.67 bits per heavy atom. The molecule has 2 N–H and O–H groups in total. The number of rotatable bonds is 3. The molecular formula is C12H15NO5. The molecule has 1 fully saturated rings. The summed E-state index contributed by atoms with van der Waals surface area (Å²) in [6, 6.07) is 2.41. The van der Waals surface area contributed by atoms with Gasteiger partial charge in [-0.3, -0.25) is 4.79 Å². The molecule has 1 saturated heterocycles. The minimum absolute atomic E-state index is 0.00718. The predicted octanol–water partition coefficient (Wildman–Crippen LogP) is 0.965. The molecule has 0 bridgehead atoms. The first-order valence-electron chi connectivity index (χ1n) is 5.88. The molecule has 0 saturated carbocycles. The number of hydrogen-bond donors (Lipinski definition) is 2. The average Bonchev–Trinajstić information content (AvgIpc) is 2.87. The first-order valence-corrected chi connectivity index (χ1v) is 5.88. The molecule has 0 spiro atoms. The molecule has 1 aromatic rings. The Bertz CT molecular complexity index is 453. The molecule has 18 heavy (non-hydrogen) atoms. The van der Waals surface area contributed by atoms with Gasteiger partial charge in [-0.25, -0.2) is 4.79 Å². The third-order valence-electron chi connectivity index (χ3n) is 3.13. The van der Waals surface area contributed by atoms with Crippen LogP contribution in [0.2, 0.25) is 0 Å². The zero-order valence-corrected chi connectivity index (χ0v) is 9.83. The fourth-order valence-corrected chi connectivity index (χ4v) is 2.17. The number of carbonyl (C=O) groups is 2. The lowest BCUT2D eigenvalue weighted by atomic mass is 10.0. The normalized spacial score (nSPS) is 19.8. The van der Waals surface area contributed by atoms with Gasteiger partial charge in [0.2, 0.25) is 5.76 Å². The summed E-state index contributed by atoms with van der Waals surface area (Å²) in [6.07, 6.45) is 2.62. The van der Waals surface area contributed by atoms with E-state index in [9.17, 15) is 14.7 Å². The lowest BCUT2D eigenvalue weighted by Crippen LogP contribution is -2.45. The third kappa shape index (κ3) is 2.38. The van der Waals surface area contributed by atoms with Gasteiger partial charge in [-0.1, -0.05) is 0 Å². The van der Waals surface area contributed by atoms with Crippen molar-refractivity contribution in [2.24, 2.45) is 0 Å². The number of aliphatic hydroxyl groups excluding tert-OH is 1. The number of aromatic carboxylic acids is 1. The fourth-order valence-electron chi connectivity index (χ4n) is 2.17. The van der Waals surface area contributed by atoms with E-state index in [0.29, 0.717) is 6.54 Å². The molecular weight excluding hydrogens is 238 g/mol. The van der Waals surface area contributed by atoms with E-state index in [1.807, 2.05) is 0 Å². The van der Waals surface area contributed by atoms with Gasteiger partial charge < -0.3 is 19.5 Å². The minimum Gasteiger partial charge on any atom is -0.475 e. The van der Waals surface area contributed by atoms with Gasteiger partial charge in [0.15, 0.2) is 5.76 Å². The monoisotopic (exact) mass is 253 g/mol. The van der Waals surface area contributed by atoms with Crippen LogP contribution in [0.5, 0.6) is 0 Å². The van der Waals surface area contributed by atoms with Crippen molar-refractivity contribution in [2.45, 2.75) is 25.3 Å². The Labute approximate surface area is 104 Å². The molecule has 1 unspecified atom stereocenters. The Balaban J connectivity index is 2.15. The second-order valence-corrected chi connectivity index (χ2v) is 4.30. The van der Waals surface area contributed by atoms with Crippen LogP contribution in [0.4, 0.5) is 0 Å². The number of carboxylic acid groups (broad SMARTS) is 1. The second-order valence-electron chi connectivity index (χ2n) is 4.30. The molecule has 6 nitrogen and oxygen atoms in total. The Morgan fingerprint density at radius 2 is 2.06 bits per heavy atom. The number of piperidine rings is 1. The molecule has 1 aliphatic heterocycles. The molecule has 2 rings (SSSR count). The summed E-state index contributed by atoms with van der Waals surface area (Å²) in [4.78, 5) is 24.4. The van der Waals surface area contributed by atoms with Gasteiger partial charge >= 0.3 is 5.97 Å². The van der Waals surface area contributed by atoms with Crippen LogP contribution in [0.3, 0.4) is 0 Å². The molecule has 1 aliphatic rings. The summed E-state index contributed by atoms with van der Waals surface area (Å²) < 4.78 is 4.98. The maximum Gasteiger partial charge on any atom is 0.371 e. The summed E-state index contributed by atoms with van der Waals surface area (Å²) in [7, 11) is 0. The van der Waals surface area contributed by atoms with Crippen molar-refractivity contribution >= 4 is 11.9 Å². The number of carbonyl (C=O) groups excluding carboxylic acids is 1. The molecule has 2 heterocycles. The van der Waals surface area contributed by atoms with Crippen molar-refractivity contribution in [1.29, 1.82) is 0 Å². The van der Waals surface area contributed by atoms with Crippen LogP contribution in [-0.2, 0) is 0 Å². The van der Waals surface area contributed by atoms with Crippen molar-refractivity contribution in [3.8, 4) is 0 Å². The number of carboxylic acids is 1. The maximum absolute atomic E-state index is 12.1. The van der Waals surface area contributed by atoms with Gasteiger partial charge in [0, 0.05) is 6.54 Å². The SMILES string of the molecule is O=C(O)c1ccc(C(=O)N2CCCCC2CO)o1. The third-order valence-corrected chi connectivity index (χ3v) is 3.13. The molecule has 0 radical (unpaired) electrons. The highest BCUT2D eigenvalue weighted by atomic mass is 16.4. The molecule has 1 amide bonds. The van der Waals surface area contributed by atoms with E-state index in [4.69, 9.17) is 9.52 Å². The predicted molar refractivity (Wildman–Crippen MR) is 61.4 cm³/mol. The van der Waals surface area contributed by atoms with Gasteiger partial charge in [0.25, 0.3) is 5.91 Å². The Morgan fingerprint density at radius 1 is 1.33 bits per heavy atom. The van der Waals surface area contributed by atoms with Gasteiger partial charge in [-0.2, -0.15) is 0 Å². The first kappa shape index (κ1) is 12.6. The topological polar surface area (TPSA) is 91.0 Å². The van der Waals surface area contributed by atoms with Crippen molar-refractivity contribution in [3.05, 3.63) is 23.7 Å². The van der Waals surface area contributed by atoms with E-state index < -0.39 is 5.97 Å². The summed E-state index contributed by atoms with van der Waals surface area (Å²) in [5.41, 5.74) is 0. The first-order chi connectivity index (χ1) is 8.63. The van der Waals surface area contributed by atoms with Crippen LogP contribution in [0.25, 0.3) is 0 Å². The lowest BCUT2D eigenvalue weighted by molar-refractivity contribution is 0.0468. The number of likely N-dealkylation sites (tertiary alicyclic amines) is 1. The molecule has 1 aromatic heterocycles. The summed E-state index contributed by atoms with van der Waals surface area (Å²) >= 11 is 0. The zero-order chi connectivity index (χ0) is 13.1. The largest absolute Gasteiger partial charge is 0.475 e. The van der Waals surface area contributed by atoms with Crippen LogP contribution >= 0.6 is 0 Å². The van der Waals surface area contributed by atoms with Crippen molar-refractivity contribution in [3.63, 3.8) is 0 Å². The molecule has 98 valence electrons. The molecule has 1 atom stereocenters. The summed E-state index contributed by atoms with van der Waals surface area (Å²) in [5.74, 6) is -1.81. The highest BCUT2D eigenvalue weighted by molar-refractivity contribution is 5.93. The standard InChI is InChI=1S/C12H15NO5/c14-7-8-3-1-2-6-13(8)11(15)9-4-5-10(18-9)12(16)17/h4-5,8,14H,1-3,6-7H2,(H,16,17). The summed E-state index contributed by atoms with van der Waals surface area (Å²) in [6.45, 7) is 0.478. The van der Waals surface area contributed by atoms with Crippen molar-refractivity contribution < 1.29 is 24.2 Å². The number of hydrogen-bond acceptors (Lipinski definition) is 4. The molecule has 6 heteroatoms. The van der Waals surface area contributed by atoms with E-state index in [0.717, 1.165) is 19.3 Å². The number of nitrogens with zero attached hydrogens (tertiary/aromatic N) is 1. The zero-order valence-electron chi connectivity index (χ0n) is 9.83. The van der Waals surface area contributed by atoms with Gasteiger partial charge in [-0.05, 0) is 31.4 Å². The Hall–Kier alpha value is -1.82. The smallest absolute Gasteiger partial charge is 0.371 e. The molecule has 0 aliphatic carbocycles. The number of aliphatic hydroxyl groups is 1. The van der Waals surface area contributed by atoms with Gasteiger partial charge in [0.05, 0.1) is 12.6 Å². The van der Waals surface area contributed by atoms with E-state index in [1.54, 1.807) is 4.90 Å². The highest BCUT2D eigenvalue weighted by Crippen LogP contribution is 2.20. The van der Waals surface area contributed by atoms with Gasteiger partial charge in [-0.15, -0.1) is 0 Å².